The van der Waals surface area contributed by atoms with Crippen LogP contribution in [-0.4, -0.2) is 145 Å². The van der Waals surface area contributed by atoms with Gasteiger partial charge in [-0.05, 0) is 67.4 Å². The van der Waals surface area contributed by atoms with Crippen LogP contribution in [0.1, 0.15) is 63.2 Å². The van der Waals surface area contributed by atoms with Gasteiger partial charge in [0.2, 0.25) is 0 Å². The summed E-state index contributed by atoms with van der Waals surface area (Å²) in [6.45, 7) is 13.4. The number of nitrogens with zero attached hydrogens (tertiary/aromatic N) is 9. The molecule has 80 heavy (non-hydrogen) atoms. The van der Waals surface area contributed by atoms with E-state index in [0.29, 0.717) is 116 Å². The lowest BCUT2D eigenvalue weighted by atomic mass is 9.86. The molecule has 0 bridgehead atoms. The average Bonchev–Trinajstić information content (AvgIpc) is 4.21. The van der Waals surface area contributed by atoms with Crippen LogP contribution in [-0.2, 0) is 9.47 Å². The summed E-state index contributed by atoms with van der Waals surface area (Å²) in [5, 5.41) is 29.3. The molecule has 0 saturated carbocycles. The van der Waals surface area contributed by atoms with Crippen LogP contribution in [0.3, 0.4) is 0 Å². The Morgan fingerprint density at radius 2 is 1.26 bits per heavy atom. The van der Waals surface area contributed by atoms with E-state index in [2.05, 4.69) is 35.8 Å². The van der Waals surface area contributed by atoms with E-state index >= 15 is 0 Å². The standard InChI is InChI=1S/C28H27N5O5.C18H17ClN2O3.C11H13BN2O4/c1-16-14-30-20-12-24(26-23(35-4)11-17(15-31-26)28(34)33(2)3)38-27(20)25(16)19-5-6-22(21(13-29)32-19)37-18-7-9-36-10-8-18;1-10-5-6-11-7-14(24-17(11)15(10)19)16-13(23-4)8-12(9-20-16)18(22)21(2)3;1-13-11-9(2-3-10(14-11)12(15)16)18-8-4-6-17-7-5-8/h5-6,11-12,14-15,18H,7-10H2,1-4H3;5-9H,1-4H3;2-3,8,15-16H,4-7H2. The van der Waals surface area contributed by atoms with Crippen LogP contribution < -0.4 is 24.5 Å². The van der Waals surface area contributed by atoms with Gasteiger partial charge in [0, 0.05) is 89.5 Å². The van der Waals surface area contributed by atoms with Crippen molar-refractivity contribution in [3.8, 4) is 63.2 Å². The molecule has 0 atom stereocenters. The molecule has 2 amide bonds. The Morgan fingerprint density at radius 3 is 1.80 bits per heavy atom. The van der Waals surface area contributed by atoms with E-state index in [1.165, 1.54) is 42.5 Å². The third-order valence-corrected chi connectivity index (χ3v) is 13.3. The summed E-state index contributed by atoms with van der Waals surface area (Å²) in [5.74, 6) is 2.38. The van der Waals surface area contributed by atoms with Crippen LogP contribution in [0.15, 0.2) is 88.1 Å². The number of benzene rings is 1. The van der Waals surface area contributed by atoms with Gasteiger partial charge in [-0.1, -0.05) is 30.3 Å². The predicted molar refractivity (Wildman–Crippen MR) is 298 cm³/mol. The van der Waals surface area contributed by atoms with E-state index in [1.807, 2.05) is 38.1 Å². The van der Waals surface area contributed by atoms with E-state index in [9.17, 15) is 14.9 Å². The van der Waals surface area contributed by atoms with Gasteiger partial charge in [0.05, 0.1) is 62.5 Å². The Bertz CT molecular complexity index is 3640. The number of hydrogen-bond acceptors (Lipinski definition) is 18. The lowest BCUT2D eigenvalue weighted by molar-refractivity contribution is 0.0252. The summed E-state index contributed by atoms with van der Waals surface area (Å²) in [4.78, 5) is 52.5. The van der Waals surface area contributed by atoms with Crippen molar-refractivity contribution in [1.29, 1.82) is 5.26 Å². The minimum absolute atomic E-state index is 0.00705. The van der Waals surface area contributed by atoms with Crippen LogP contribution in [0.5, 0.6) is 23.0 Å². The highest BCUT2D eigenvalue weighted by Crippen LogP contribution is 2.40. The van der Waals surface area contributed by atoms with Crippen LogP contribution in [0, 0.1) is 31.8 Å². The maximum absolute atomic E-state index is 12.4. The minimum atomic E-state index is -1.68. The number of ether oxygens (including phenoxy) is 6. The molecule has 2 saturated heterocycles. The third kappa shape index (κ3) is 13.1. The van der Waals surface area contributed by atoms with Crippen molar-refractivity contribution in [2.75, 3.05) is 68.8 Å². The Balaban J connectivity index is 0.000000171. The molecule has 2 aliphatic heterocycles. The first kappa shape index (κ1) is 57.5. The quantitative estimate of drug-likeness (QED) is 0.0859. The average molecular weight is 1110 g/mol. The lowest BCUT2D eigenvalue weighted by Crippen LogP contribution is -2.32. The molecular formula is C57H57BClN9O12. The number of furan rings is 2. The van der Waals surface area contributed by atoms with E-state index in [-0.39, 0.29) is 41.1 Å². The molecule has 23 heteroatoms. The molecule has 1 aromatic carbocycles. The molecule has 2 N–H and O–H groups in total. The van der Waals surface area contributed by atoms with Crippen molar-refractivity contribution in [3.63, 3.8) is 0 Å². The Morgan fingerprint density at radius 1 is 0.713 bits per heavy atom. The molecule has 8 aromatic rings. The molecule has 0 unspecified atom stereocenters. The number of rotatable bonds is 12. The van der Waals surface area contributed by atoms with Gasteiger partial charge >= 0.3 is 12.9 Å². The fourth-order valence-corrected chi connectivity index (χ4v) is 8.79. The maximum atomic E-state index is 12.4. The highest BCUT2D eigenvalue weighted by molar-refractivity contribution is 6.57. The van der Waals surface area contributed by atoms with E-state index in [1.54, 1.807) is 64.7 Å². The third-order valence-electron chi connectivity index (χ3n) is 12.8. The van der Waals surface area contributed by atoms with Crippen molar-refractivity contribution in [3.05, 3.63) is 124 Å². The number of carbonyl (C=O) groups is 2. The van der Waals surface area contributed by atoms with Crippen LogP contribution in [0.25, 0.3) is 61.1 Å². The fourth-order valence-electron chi connectivity index (χ4n) is 8.58. The molecule has 0 aliphatic carbocycles. The van der Waals surface area contributed by atoms with Crippen molar-refractivity contribution in [2.24, 2.45) is 0 Å². The Hall–Kier alpha value is -8.64. The summed E-state index contributed by atoms with van der Waals surface area (Å²) < 4.78 is 45.4. The van der Waals surface area contributed by atoms with Gasteiger partial charge in [-0.25, -0.2) is 15.0 Å². The van der Waals surface area contributed by atoms with Gasteiger partial charge in [0.15, 0.2) is 39.7 Å². The first-order chi connectivity index (χ1) is 38.5. The molecular weight excluding hydrogens is 1050 g/mol. The minimum Gasteiger partial charge on any atom is -0.499 e. The fraction of sp³-hybridized carbons (Fsp3) is 0.316. The first-order valence-corrected chi connectivity index (χ1v) is 25.6. The molecule has 10 rings (SSSR count). The zero-order chi connectivity index (χ0) is 57.2. The van der Waals surface area contributed by atoms with Crippen molar-refractivity contribution in [1.82, 2.24) is 34.7 Å². The number of methoxy groups -OCH3 is 2. The van der Waals surface area contributed by atoms with E-state index < -0.39 is 7.12 Å². The topological polar surface area (TPSA) is 255 Å². The molecule has 7 aromatic heterocycles. The molecule has 21 nitrogen and oxygen atoms in total. The smallest absolute Gasteiger partial charge is 0.499 e. The zero-order valence-corrected chi connectivity index (χ0v) is 46.0. The zero-order valence-electron chi connectivity index (χ0n) is 45.3. The second-order valence-electron chi connectivity index (χ2n) is 18.9. The monoisotopic (exact) mass is 1110 g/mol. The normalized spacial score (nSPS) is 13.4. The van der Waals surface area contributed by atoms with Gasteiger partial charge in [-0.3, -0.25) is 14.6 Å². The molecule has 2 fully saturated rings. The summed E-state index contributed by atoms with van der Waals surface area (Å²) in [7, 11) is 8.09. The van der Waals surface area contributed by atoms with Gasteiger partial charge in [0.25, 0.3) is 11.8 Å². The van der Waals surface area contributed by atoms with E-state index in [4.69, 9.17) is 65.5 Å². The number of pyridine rings is 5. The molecule has 2 aliphatic rings. The summed E-state index contributed by atoms with van der Waals surface area (Å²) in [6, 6.07) is 19.5. The highest BCUT2D eigenvalue weighted by atomic mass is 35.5. The lowest BCUT2D eigenvalue weighted by Gasteiger charge is -2.23. The number of halogens is 1. The van der Waals surface area contributed by atoms with Gasteiger partial charge in [-0.2, -0.15) is 5.26 Å². The van der Waals surface area contributed by atoms with Crippen LogP contribution in [0.2, 0.25) is 5.02 Å². The molecule has 0 spiro atoms. The number of carbonyl (C=O) groups excluding carboxylic acids is 2. The van der Waals surface area contributed by atoms with Gasteiger partial charge in [0.1, 0.15) is 52.4 Å². The van der Waals surface area contributed by atoms with E-state index in [0.717, 1.165) is 42.2 Å². The predicted octanol–water partition coefficient (Wildman–Crippen LogP) is 8.44. The van der Waals surface area contributed by atoms with Crippen molar-refractivity contribution in [2.45, 2.75) is 51.7 Å². The number of nitriles is 1. The Kier molecular flexibility index (Phi) is 18.6. The summed E-state index contributed by atoms with van der Waals surface area (Å²) in [5.41, 5.74) is 6.84. The number of fused-ring (bicyclic) bond motifs is 2. The number of aromatic nitrogens is 5. The SMILES string of the molecule is COc1cc(C(=O)N(C)C)cnc1-c1cc2ccc(C)c(Cl)c2o1.COc1cc(C(=O)N(C)C)cnc1-c1cc2ncc(C)c(-c3ccc(OC4CCOCC4)c(C#N)n3)c2o1.[C-]#[N+]c1nc(B(O)O)ccc1OC1CCOCC1. The van der Waals surface area contributed by atoms with Gasteiger partial charge in [-0.15, -0.1) is 4.98 Å². The van der Waals surface area contributed by atoms with Crippen LogP contribution >= 0.6 is 11.6 Å². The highest BCUT2D eigenvalue weighted by Gasteiger charge is 2.25. The number of hydrogen-bond donors (Lipinski definition) is 2. The maximum Gasteiger partial charge on any atom is 0.533 e. The van der Waals surface area contributed by atoms with Gasteiger partial charge < -0.3 is 61.9 Å². The van der Waals surface area contributed by atoms with Crippen LogP contribution in [0.4, 0.5) is 5.82 Å². The molecule has 0 radical (unpaired) electrons. The second kappa shape index (κ2) is 25.9. The van der Waals surface area contributed by atoms with Crippen molar-refractivity contribution < 1.29 is 56.9 Å². The van der Waals surface area contributed by atoms with Crippen molar-refractivity contribution >= 4 is 64.0 Å². The number of aryl methyl sites for hydroxylation is 2. The largest absolute Gasteiger partial charge is 0.533 e. The first-order valence-electron chi connectivity index (χ1n) is 25.3. The summed E-state index contributed by atoms with van der Waals surface area (Å²) >= 11 is 6.31. The molecule has 412 valence electrons. The Labute approximate surface area is 466 Å². The molecule has 9 heterocycles. The second-order valence-corrected chi connectivity index (χ2v) is 19.3. The number of amides is 2. The summed E-state index contributed by atoms with van der Waals surface area (Å²) in [6.07, 6.45) is 7.86.